The van der Waals surface area contributed by atoms with Crippen LogP contribution in [0.3, 0.4) is 0 Å². The van der Waals surface area contributed by atoms with Crippen molar-refractivity contribution in [3.8, 4) is 11.5 Å². The second-order valence-electron chi connectivity index (χ2n) is 7.62. The van der Waals surface area contributed by atoms with E-state index in [1.165, 1.54) is 16.5 Å². The zero-order chi connectivity index (χ0) is 20.8. The Morgan fingerprint density at radius 2 is 1.60 bits per heavy atom. The van der Waals surface area contributed by atoms with Crippen LogP contribution in [0.2, 0.25) is 0 Å². The lowest BCUT2D eigenvalue weighted by molar-refractivity contribution is 0.478. The van der Waals surface area contributed by atoms with Gasteiger partial charge in [-0.25, -0.2) is 0 Å². The summed E-state index contributed by atoms with van der Waals surface area (Å²) >= 11 is 0. The zero-order valence-electron chi connectivity index (χ0n) is 17.7. The Bertz CT molecular complexity index is 1070. The van der Waals surface area contributed by atoms with Gasteiger partial charge in [-0.15, -0.1) is 0 Å². The average molecular weight is 400 g/mol. The number of hydrogen-bond donors (Lipinski definition) is 1. The van der Waals surface area contributed by atoms with Crippen molar-refractivity contribution < 1.29 is 4.74 Å². The molecule has 0 saturated heterocycles. The molecule has 0 amide bonds. The fourth-order valence-corrected chi connectivity index (χ4v) is 3.91. The molecule has 3 aromatic carbocycles. The van der Waals surface area contributed by atoms with Crippen molar-refractivity contribution in [3.05, 3.63) is 90.1 Å². The van der Waals surface area contributed by atoms with Crippen LogP contribution in [-0.2, 0) is 13.5 Å². The third-order valence-corrected chi connectivity index (χ3v) is 5.43. The number of hydrogen-bond acceptors (Lipinski definition) is 3. The first-order valence-corrected chi connectivity index (χ1v) is 10.7. The van der Waals surface area contributed by atoms with Crippen LogP contribution in [0, 0.1) is 0 Å². The van der Waals surface area contributed by atoms with Crippen molar-refractivity contribution in [2.75, 3.05) is 6.54 Å². The van der Waals surface area contributed by atoms with E-state index in [0.29, 0.717) is 6.04 Å². The lowest BCUT2D eigenvalue weighted by Crippen LogP contribution is -2.24. The second kappa shape index (κ2) is 9.59. The molecule has 1 N–H and O–H groups in total. The first-order valence-electron chi connectivity index (χ1n) is 10.7. The molecule has 0 bridgehead atoms. The Morgan fingerprint density at radius 1 is 0.900 bits per heavy atom. The van der Waals surface area contributed by atoms with Gasteiger partial charge in [-0.2, -0.15) is 5.10 Å². The Balaban J connectivity index is 1.39. The van der Waals surface area contributed by atoms with Gasteiger partial charge in [0.1, 0.15) is 11.5 Å². The van der Waals surface area contributed by atoms with E-state index in [1.54, 1.807) is 0 Å². The highest BCUT2D eigenvalue weighted by atomic mass is 16.5. The number of nitrogens with one attached hydrogen (secondary N) is 1. The van der Waals surface area contributed by atoms with E-state index in [0.717, 1.165) is 43.0 Å². The van der Waals surface area contributed by atoms with Crippen LogP contribution in [0.25, 0.3) is 10.9 Å². The number of benzene rings is 3. The number of aromatic nitrogens is 2. The van der Waals surface area contributed by atoms with Crippen LogP contribution in [-0.4, -0.2) is 16.3 Å². The molecule has 1 unspecified atom stereocenters. The van der Waals surface area contributed by atoms with Gasteiger partial charge in [-0.05, 0) is 42.3 Å². The van der Waals surface area contributed by atoms with Crippen molar-refractivity contribution in [1.82, 2.24) is 15.1 Å². The van der Waals surface area contributed by atoms with Gasteiger partial charge in [0.25, 0.3) is 0 Å². The first-order chi connectivity index (χ1) is 14.7. The highest BCUT2D eigenvalue weighted by Gasteiger charge is 2.12. The van der Waals surface area contributed by atoms with E-state index >= 15 is 0 Å². The molecule has 1 aromatic heterocycles. The predicted octanol–water partition coefficient (Wildman–Crippen LogP) is 6.04. The molecule has 4 rings (SSSR count). The SMILES string of the molecule is CCCC(NCCc1nn(C)c2ccccc12)c1ccc(Oc2ccccc2)cc1. The minimum atomic E-state index is 0.329. The molecule has 0 aliphatic rings. The maximum Gasteiger partial charge on any atom is 0.127 e. The summed E-state index contributed by atoms with van der Waals surface area (Å²) in [7, 11) is 2.01. The van der Waals surface area contributed by atoms with Gasteiger partial charge >= 0.3 is 0 Å². The summed E-state index contributed by atoms with van der Waals surface area (Å²) in [4.78, 5) is 0. The van der Waals surface area contributed by atoms with Crippen LogP contribution in [0.1, 0.15) is 37.1 Å². The van der Waals surface area contributed by atoms with E-state index in [2.05, 4.69) is 60.8 Å². The predicted molar refractivity (Wildman–Crippen MR) is 123 cm³/mol. The van der Waals surface area contributed by atoms with Crippen LogP contribution in [0.5, 0.6) is 11.5 Å². The van der Waals surface area contributed by atoms with Crippen LogP contribution >= 0.6 is 0 Å². The van der Waals surface area contributed by atoms with Gasteiger partial charge in [0.2, 0.25) is 0 Å². The highest BCUT2D eigenvalue weighted by molar-refractivity contribution is 5.81. The standard InChI is InChI=1S/C26H29N3O/c1-3-9-24(20-14-16-22(17-15-20)30-21-10-5-4-6-11-21)27-19-18-25-23-12-7-8-13-26(23)29(2)28-25/h4-8,10-17,24,27H,3,9,18-19H2,1-2H3. The molecule has 0 saturated carbocycles. The number of fused-ring (bicyclic) bond motifs is 1. The fraction of sp³-hybridized carbons (Fsp3) is 0.269. The highest BCUT2D eigenvalue weighted by Crippen LogP contribution is 2.25. The van der Waals surface area contributed by atoms with Crippen molar-refractivity contribution in [2.45, 2.75) is 32.2 Å². The zero-order valence-corrected chi connectivity index (χ0v) is 17.7. The van der Waals surface area contributed by atoms with Crippen molar-refractivity contribution in [2.24, 2.45) is 7.05 Å². The minimum Gasteiger partial charge on any atom is -0.457 e. The molecule has 0 aliphatic carbocycles. The van der Waals surface area contributed by atoms with Crippen molar-refractivity contribution >= 4 is 10.9 Å². The van der Waals surface area contributed by atoms with Gasteiger partial charge in [0.05, 0.1) is 11.2 Å². The second-order valence-corrected chi connectivity index (χ2v) is 7.62. The normalized spacial score (nSPS) is 12.2. The summed E-state index contributed by atoms with van der Waals surface area (Å²) in [6, 6.07) is 27.1. The van der Waals surface area contributed by atoms with Gasteiger partial charge in [0, 0.05) is 31.4 Å². The van der Waals surface area contributed by atoms with E-state index in [4.69, 9.17) is 9.84 Å². The summed E-state index contributed by atoms with van der Waals surface area (Å²) in [6.45, 7) is 3.13. The number of ether oxygens (including phenoxy) is 1. The largest absolute Gasteiger partial charge is 0.457 e. The molecule has 4 nitrogen and oxygen atoms in total. The van der Waals surface area contributed by atoms with Gasteiger partial charge < -0.3 is 10.1 Å². The average Bonchev–Trinajstić information content (AvgIpc) is 3.10. The van der Waals surface area contributed by atoms with E-state index < -0.39 is 0 Å². The Kier molecular flexibility index (Phi) is 6.45. The Morgan fingerprint density at radius 3 is 2.37 bits per heavy atom. The number of para-hydroxylation sites is 2. The fourth-order valence-electron chi connectivity index (χ4n) is 3.91. The quantitative estimate of drug-likeness (QED) is 0.373. The summed E-state index contributed by atoms with van der Waals surface area (Å²) in [5, 5.41) is 9.70. The summed E-state index contributed by atoms with van der Waals surface area (Å²) in [5.41, 5.74) is 3.64. The molecular weight excluding hydrogens is 370 g/mol. The summed E-state index contributed by atoms with van der Waals surface area (Å²) in [5.74, 6) is 1.72. The molecule has 1 heterocycles. The first kappa shape index (κ1) is 20.2. The lowest BCUT2D eigenvalue weighted by Gasteiger charge is -2.19. The number of nitrogens with zero attached hydrogens (tertiary/aromatic N) is 2. The molecule has 0 spiro atoms. The molecule has 0 radical (unpaired) electrons. The van der Waals surface area contributed by atoms with Crippen LogP contribution in [0.15, 0.2) is 78.9 Å². The van der Waals surface area contributed by atoms with E-state index in [-0.39, 0.29) is 0 Å². The molecule has 30 heavy (non-hydrogen) atoms. The van der Waals surface area contributed by atoms with E-state index in [1.807, 2.05) is 42.1 Å². The molecule has 154 valence electrons. The van der Waals surface area contributed by atoms with E-state index in [9.17, 15) is 0 Å². The summed E-state index contributed by atoms with van der Waals surface area (Å²) in [6.07, 6.45) is 3.14. The third kappa shape index (κ3) is 4.71. The molecular formula is C26H29N3O. The van der Waals surface area contributed by atoms with Gasteiger partial charge in [0.15, 0.2) is 0 Å². The smallest absolute Gasteiger partial charge is 0.127 e. The van der Waals surface area contributed by atoms with Crippen LogP contribution in [0.4, 0.5) is 0 Å². The lowest BCUT2D eigenvalue weighted by atomic mass is 10.0. The van der Waals surface area contributed by atoms with Crippen LogP contribution < -0.4 is 10.1 Å². The molecule has 4 aromatic rings. The molecule has 1 atom stereocenters. The van der Waals surface area contributed by atoms with Gasteiger partial charge in [-0.1, -0.05) is 61.9 Å². The number of aryl methyl sites for hydroxylation is 1. The van der Waals surface area contributed by atoms with Crippen molar-refractivity contribution in [3.63, 3.8) is 0 Å². The van der Waals surface area contributed by atoms with Crippen molar-refractivity contribution in [1.29, 1.82) is 0 Å². The number of rotatable bonds is 9. The minimum absolute atomic E-state index is 0.329. The topological polar surface area (TPSA) is 39.1 Å². The molecule has 4 heteroatoms. The molecule has 0 aliphatic heterocycles. The summed E-state index contributed by atoms with van der Waals surface area (Å²) < 4.78 is 7.90. The molecule has 0 fully saturated rings. The Hall–Kier alpha value is -3.11. The maximum atomic E-state index is 5.92. The Labute approximate surface area is 178 Å². The maximum absolute atomic E-state index is 5.92. The third-order valence-electron chi connectivity index (χ3n) is 5.43. The van der Waals surface area contributed by atoms with Gasteiger partial charge in [-0.3, -0.25) is 4.68 Å². The monoisotopic (exact) mass is 399 g/mol.